The van der Waals surface area contributed by atoms with Crippen molar-refractivity contribution in [1.82, 2.24) is 19.3 Å². The lowest BCUT2D eigenvalue weighted by Gasteiger charge is -2.08. The minimum absolute atomic E-state index is 0.0260. The van der Waals surface area contributed by atoms with Gasteiger partial charge in [0.2, 0.25) is 0 Å². The van der Waals surface area contributed by atoms with Crippen molar-refractivity contribution in [3.63, 3.8) is 0 Å². The summed E-state index contributed by atoms with van der Waals surface area (Å²) < 4.78 is 4.76. The van der Waals surface area contributed by atoms with E-state index in [1.54, 1.807) is 4.57 Å². The van der Waals surface area contributed by atoms with Gasteiger partial charge < -0.3 is 9.67 Å². The Kier molecular flexibility index (Phi) is 4.79. The molecule has 5 aromatic rings. The summed E-state index contributed by atoms with van der Waals surface area (Å²) in [5.74, 6) is 0. The van der Waals surface area contributed by atoms with E-state index in [1.165, 1.54) is 0 Å². The molecule has 0 aliphatic carbocycles. The van der Waals surface area contributed by atoms with E-state index >= 15 is 0 Å². The van der Waals surface area contributed by atoms with Gasteiger partial charge in [0, 0.05) is 59.2 Å². The molecule has 7 heteroatoms. The number of hydrogen-bond donors (Lipinski definition) is 2. The van der Waals surface area contributed by atoms with Crippen LogP contribution in [0.5, 0.6) is 0 Å². The predicted molar refractivity (Wildman–Crippen MR) is 127 cm³/mol. The molecule has 0 spiro atoms. The molecule has 0 aliphatic heterocycles. The molecule has 5 rings (SSSR count). The molecule has 0 radical (unpaired) electrons. The molecule has 3 aromatic heterocycles. The first-order valence-corrected chi connectivity index (χ1v) is 10.8. The van der Waals surface area contributed by atoms with Gasteiger partial charge in [0.25, 0.3) is 5.56 Å². The van der Waals surface area contributed by atoms with Gasteiger partial charge in [-0.3, -0.25) is 14.5 Å². The number of aliphatic hydroxyl groups excluding tert-OH is 1. The van der Waals surface area contributed by atoms with Crippen molar-refractivity contribution in [2.24, 2.45) is 14.1 Å². The molecule has 0 saturated carbocycles. The molecule has 0 saturated heterocycles. The van der Waals surface area contributed by atoms with Crippen molar-refractivity contribution < 1.29 is 5.11 Å². The number of aliphatic hydroxyl groups is 1. The minimum Gasteiger partial charge on any atom is -0.396 e. The molecule has 0 bridgehead atoms. The standard InChI is InChI=1S/C24H21BrN4O2/c1-28-22-8-5-15(21-12-17(9-10-30)26-27-21)11-19(22)20-13-18(24(31)29(2)23(20)28)14-3-6-16(25)7-4-14/h3-8,11-13,30H,9-10H2,1-2H3,(H,26,27). The third-order valence-electron chi connectivity index (χ3n) is 5.81. The highest BCUT2D eigenvalue weighted by Crippen LogP contribution is 2.33. The minimum atomic E-state index is -0.0260. The zero-order valence-electron chi connectivity index (χ0n) is 17.2. The van der Waals surface area contributed by atoms with E-state index in [4.69, 9.17) is 5.11 Å². The Morgan fingerprint density at radius 3 is 2.45 bits per heavy atom. The molecule has 0 amide bonds. The molecule has 6 nitrogen and oxygen atoms in total. The summed E-state index contributed by atoms with van der Waals surface area (Å²) >= 11 is 3.46. The smallest absolute Gasteiger partial charge is 0.259 e. The van der Waals surface area contributed by atoms with Crippen LogP contribution in [0.15, 0.2) is 63.9 Å². The van der Waals surface area contributed by atoms with E-state index in [0.717, 1.165) is 48.9 Å². The van der Waals surface area contributed by atoms with Crippen LogP contribution in [-0.4, -0.2) is 31.0 Å². The second-order valence-electron chi connectivity index (χ2n) is 7.71. The lowest BCUT2D eigenvalue weighted by molar-refractivity contribution is 0.298. The number of nitrogens with zero attached hydrogens (tertiary/aromatic N) is 3. The topological polar surface area (TPSA) is 75.8 Å². The van der Waals surface area contributed by atoms with Crippen LogP contribution >= 0.6 is 15.9 Å². The number of aryl methyl sites for hydroxylation is 2. The number of rotatable bonds is 4. The van der Waals surface area contributed by atoms with Gasteiger partial charge in [-0.2, -0.15) is 5.10 Å². The van der Waals surface area contributed by atoms with Gasteiger partial charge >= 0.3 is 0 Å². The molecule has 0 aliphatic rings. The summed E-state index contributed by atoms with van der Waals surface area (Å²) in [5, 5.41) is 18.6. The van der Waals surface area contributed by atoms with Crippen molar-refractivity contribution in [2.75, 3.05) is 6.61 Å². The van der Waals surface area contributed by atoms with Gasteiger partial charge in [-0.1, -0.05) is 34.1 Å². The van der Waals surface area contributed by atoms with Gasteiger partial charge in [0.05, 0.1) is 11.2 Å². The monoisotopic (exact) mass is 476 g/mol. The number of fused-ring (bicyclic) bond motifs is 3. The lowest BCUT2D eigenvalue weighted by Crippen LogP contribution is -2.20. The Labute approximate surface area is 186 Å². The predicted octanol–water partition coefficient (Wildman–Crippen LogP) is 4.38. The van der Waals surface area contributed by atoms with Crippen molar-refractivity contribution >= 4 is 37.9 Å². The van der Waals surface area contributed by atoms with E-state index in [2.05, 4.69) is 42.8 Å². The Morgan fingerprint density at radius 1 is 0.968 bits per heavy atom. The number of aromatic nitrogens is 4. The number of benzene rings is 2. The van der Waals surface area contributed by atoms with E-state index in [-0.39, 0.29) is 12.2 Å². The van der Waals surface area contributed by atoms with Crippen LogP contribution < -0.4 is 5.56 Å². The zero-order chi connectivity index (χ0) is 21.7. The quantitative estimate of drug-likeness (QED) is 0.403. The van der Waals surface area contributed by atoms with Crippen LogP contribution in [0.2, 0.25) is 0 Å². The van der Waals surface area contributed by atoms with Crippen molar-refractivity contribution in [3.8, 4) is 22.4 Å². The van der Waals surface area contributed by atoms with Crippen LogP contribution in [0, 0.1) is 0 Å². The Morgan fingerprint density at radius 2 is 1.71 bits per heavy atom. The summed E-state index contributed by atoms with van der Waals surface area (Å²) in [6.07, 6.45) is 0.544. The van der Waals surface area contributed by atoms with E-state index in [9.17, 15) is 4.79 Å². The number of halogens is 1. The summed E-state index contributed by atoms with van der Waals surface area (Å²) in [6, 6.07) is 18.0. The largest absolute Gasteiger partial charge is 0.396 e. The van der Waals surface area contributed by atoms with Crippen molar-refractivity contribution in [3.05, 3.63) is 75.1 Å². The van der Waals surface area contributed by atoms with Crippen molar-refractivity contribution in [2.45, 2.75) is 6.42 Å². The van der Waals surface area contributed by atoms with Crippen LogP contribution in [-0.2, 0) is 20.5 Å². The third kappa shape index (κ3) is 3.21. The van der Waals surface area contributed by atoms with E-state index in [1.807, 2.05) is 56.6 Å². The summed E-state index contributed by atoms with van der Waals surface area (Å²) in [7, 11) is 3.80. The molecule has 31 heavy (non-hydrogen) atoms. The second kappa shape index (κ2) is 7.51. The van der Waals surface area contributed by atoms with Gasteiger partial charge in [-0.15, -0.1) is 0 Å². The highest BCUT2D eigenvalue weighted by Gasteiger charge is 2.17. The number of pyridine rings is 1. The fourth-order valence-electron chi connectivity index (χ4n) is 4.24. The summed E-state index contributed by atoms with van der Waals surface area (Å²) in [6.45, 7) is 0.0802. The van der Waals surface area contributed by atoms with Gasteiger partial charge in [0.15, 0.2) is 0 Å². The Hall–Kier alpha value is -3.16. The van der Waals surface area contributed by atoms with Crippen molar-refractivity contribution in [1.29, 1.82) is 0 Å². The van der Waals surface area contributed by atoms with Crippen LogP contribution in [0.1, 0.15) is 5.69 Å². The fourth-order valence-corrected chi connectivity index (χ4v) is 4.51. The molecule has 0 atom stereocenters. The molecule has 0 unspecified atom stereocenters. The molecule has 2 N–H and O–H groups in total. The third-order valence-corrected chi connectivity index (χ3v) is 6.34. The highest BCUT2D eigenvalue weighted by atomic mass is 79.9. The highest BCUT2D eigenvalue weighted by molar-refractivity contribution is 9.10. The molecular formula is C24H21BrN4O2. The number of aromatic amines is 1. The average molecular weight is 477 g/mol. The second-order valence-corrected chi connectivity index (χ2v) is 8.63. The van der Waals surface area contributed by atoms with Gasteiger partial charge in [-0.25, -0.2) is 0 Å². The van der Waals surface area contributed by atoms with E-state index < -0.39 is 0 Å². The first-order chi connectivity index (χ1) is 15.0. The SMILES string of the molecule is Cn1c(=O)c(-c2ccc(Br)cc2)cc2c3cc(-c4cc(CCO)[nH]n4)ccc3n(C)c21. The molecule has 156 valence electrons. The van der Waals surface area contributed by atoms with Crippen LogP contribution in [0.3, 0.4) is 0 Å². The number of hydrogen-bond acceptors (Lipinski definition) is 3. The first kappa shape index (κ1) is 19.8. The Bertz CT molecular complexity index is 1490. The maximum atomic E-state index is 13.2. The molecule has 3 heterocycles. The number of nitrogens with one attached hydrogen (secondary N) is 1. The number of H-pyrrole nitrogens is 1. The molecule has 2 aromatic carbocycles. The maximum Gasteiger partial charge on any atom is 0.259 e. The van der Waals surface area contributed by atoms with E-state index in [0.29, 0.717) is 12.0 Å². The normalized spacial score (nSPS) is 11.6. The average Bonchev–Trinajstić information content (AvgIpc) is 3.34. The maximum absolute atomic E-state index is 13.2. The van der Waals surface area contributed by atoms with Gasteiger partial charge in [-0.05, 0) is 42.0 Å². The molecular weight excluding hydrogens is 456 g/mol. The Balaban J connectivity index is 1.76. The summed E-state index contributed by atoms with van der Waals surface area (Å²) in [5.41, 5.74) is 6.18. The van der Waals surface area contributed by atoms with Gasteiger partial charge in [0.1, 0.15) is 5.65 Å². The molecule has 0 fully saturated rings. The van der Waals surface area contributed by atoms with Crippen LogP contribution in [0.4, 0.5) is 0 Å². The zero-order valence-corrected chi connectivity index (χ0v) is 18.8. The first-order valence-electron chi connectivity index (χ1n) is 10.0. The fraction of sp³-hybridized carbons (Fsp3) is 0.167. The lowest BCUT2D eigenvalue weighted by atomic mass is 10.0. The summed E-state index contributed by atoms with van der Waals surface area (Å²) in [4.78, 5) is 13.2. The van der Waals surface area contributed by atoms with Crippen LogP contribution in [0.25, 0.3) is 44.3 Å².